The number of carbonyl (C=O) groups excluding carboxylic acids is 1. The zero-order chi connectivity index (χ0) is 15.5. The molecule has 1 aliphatic rings. The van der Waals surface area contributed by atoms with Crippen molar-refractivity contribution < 1.29 is 9.53 Å². The molecule has 1 fully saturated rings. The second-order valence-corrected chi connectivity index (χ2v) is 6.20. The molecule has 0 radical (unpaired) electrons. The Balaban J connectivity index is 1.82. The largest absolute Gasteiger partial charge is 0.497 e. The number of aromatic nitrogens is 1. The minimum atomic E-state index is 0.0135. The second kappa shape index (κ2) is 6.42. The first-order valence-electron chi connectivity index (χ1n) is 8.16. The highest BCUT2D eigenvalue weighted by atomic mass is 16.5. The summed E-state index contributed by atoms with van der Waals surface area (Å²) in [6, 6.07) is 6.16. The highest BCUT2D eigenvalue weighted by molar-refractivity contribution is 6.01. The van der Waals surface area contributed by atoms with E-state index in [1.807, 2.05) is 25.1 Å². The van der Waals surface area contributed by atoms with Gasteiger partial charge in [-0.2, -0.15) is 0 Å². The Morgan fingerprint density at radius 3 is 2.64 bits per heavy atom. The number of rotatable bonds is 3. The van der Waals surface area contributed by atoms with E-state index in [1.54, 1.807) is 7.11 Å². The van der Waals surface area contributed by atoms with Crippen LogP contribution in [0.3, 0.4) is 0 Å². The molecule has 1 aromatic carbocycles. The first-order valence-corrected chi connectivity index (χ1v) is 8.16. The fourth-order valence-electron chi connectivity index (χ4n) is 3.34. The minimum absolute atomic E-state index is 0.0135. The van der Waals surface area contributed by atoms with Crippen molar-refractivity contribution in [1.82, 2.24) is 10.3 Å². The zero-order valence-corrected chi connectivity index (χ0v) is 13.4. The van der Waals surface area contributed by atoms with Crippen molar-refractivity contribution in [1.29, 1.82) is 0 Å². The molecule has 0 unspecified atom stereocenters. The summed E-state index contributed by atoms with van der Waals surface area (Å²) in [6.07, 6.45) is 7.20. The normalized spacial score (nSPS) is 16.5. The molecule has 1 aliphatic carbocycles. The zero-order valence-electron chi connectivity index (χ0n) is 13.4. The lowest BCUT2D eigenvalue weighted by Crippen LogP contribution is -2.34. The maximum absolute atomic E-state index is 12.6. The van der Waals surface area contributed by atoms with Crippen molar-refractivity contribution in [3.63, 3.8) is 0 Å². The van der Waals surface area contributed by atoms with Crippen LogP contribution in [0.5, 0.6) is 5.75 Å². The van der Waals surface area contributed by atoms with E-state index in [1.165, 1.54) is 25.7 Å². The summed E-state index contributed by atoms with van der Waals surface area (Å²) in [6.45, 7) is 1.99. The van der Waals surface area contributed by atoms with Crippen molar-refractivity contribution in [2.45, 2.75) is 51.5 Å². The Hall–Kier alpha value is -1.97. The maximum atomic E-state index is 12.6. The van der Waals surface area contributed by atoms with E-state index in [4.69, 9.17) is 4.74 Å². The maximum Gasteiger partial charge on any atom is 0.268 e. The number of hydrogen-bond acceptors (Lipinski definition) is 2. The molecule has 1 aromatic heterocycles. The first-order chi connectivity index (χ1) is 10.7. The number of benzene rings is 1. The van der Waals surface area contributed by atoms with Gasteiger partial charge >= 0.3 is 0 Å². The van der Waals surface area contributed by atoms with Crippen molar-refractivity contribution >= 4 is 16.8 Å². The third-order valence-corrected chi connectivity index (χ3v) is 4.68. The van der Waals surface area contributed by atoms with Crippen LogP contribution in [-0.4, -0.2) is 24.0 Å². The van der Waals surface area contributed by atoms with Crippen LogP contribution in [0.25, 0.3) is 10.9 Å². The number of aromatic amines is 1. The van der Waals surface area contributed by atoms with E-state index in [0.29, 0.717) is 11.7 Å². The smallest absolute Gasteiger partial charge is 0.268 e. The molecular weight excluding hydrogens is 276 g/mol. The van der Waals surface area contributed by atoms with Crippen LogP contribution in [0.15, 0.2) is 18.2 Å². The molecule has 1 amide bonds. The van der Waals surface area contributed by atoms with Gasteiger partial charge in [0.15, 0.2) is 0 Å². The highest BCUT2D eigenvalue weighted by Crippen LogP contribution is 2.26. The van der Waals surface area contributed by atoms with E-state index >= 15 is 0 Å². The monoisotopic (exact) mass is 300 g/mol. The molecule has 4 nitrogen and oxygen atoms in total. The van der Waals surface area contributed by atoms with Crippen LogP contribution in [0.4, 0.5) is 0 Å². The van der Waals surface area contributed by atoms with Crippen LogP contribution in [0.2, 0.25) is 0 Å². The molecule has 0 saturated heterocycles. The summed E-state index contributed by atoms with van der Waals surface area (Å²) >= 11 is 0. The standard InChI is InChI=1S/C18H24N2O2/c1-12-15-11-14(22-2)9-10-16(15)20-17(12)18(21)19-13-7-5-3-4-6-8-13/h9-11,13,20H,3-8H2,1-2H3,(H,19,21). The number of fused-ring (bicyclic) bond motifs is 1. The average molecular weight is 300 g/mol. The Bertz CT molecular complexity index is 667. The van der Waals surface area contributed by atoms with Crippen LogP contribution in [0, 0.1) is 6.92 Å². The van der Waals surface area contributed by atoms with Crippen molar-refractivity contribution in [2.24, 2.45) is 0 Å². The lowest BCUT2D eigenvalue weighted by atomic mass is 10.1. The number of nitrogens with one attached hydrogen (secondary N) is 2. The van der Waals surface area contributed by atoms with Crippen LogP contribution < -0.4 is 10.1 Å². The van der Waals surface area contributed by atoms with Gasteiger partial charge in [0.2, 0.25) is 0 Å². The number of H-pyrrole nitrogens is 1. The van der Waals surface area contributed by atoms with E-state index in [9.17, 15) is 4.79 Å². The highest BCUT2D eigenvalue weighted by Gasteiger charge is 2.19. The molecule has 0 bridgehead atoms. The van der Waals surface area contributed by atoms with Crippen LogP contribution in [0.1, 0.15) is 54.6 Å². The number of carbonyl (C=O) groups is 1. The summed E-state index contributed by atoms with van der Waals surface area (Å²) in [4.78, 5) is 15.8. The predicted octanol–water partition coefficient (Wildman–Crippen LogP) is 3.94. The molecule has 2 aromatic rings. The van der Waals surface area contributed by atoms with Crippen molar-refractivity contribution in [3.8, 4) is 5.75 Å². The third-order valence-electron chi connectivity index (χ3n) is 4.68. The van der Waals surface area contributed by atoms with Crippen molar-refractivity contribution in [3.05, 3.63) is 29.5 Å². The van der Waals surface area contributed by atoms with Gasteiger partial charge in [0.1, 0.15) is 11.4 Å². The second-order valence-electron chi connectivity index (χ2n) is 6.20. The average Bonchev–Trinajstić information content (AvgIpc) is 2.70. The van der Waals surface area contributed by atoms with Crippen LogP contribution >= 0.6 is 0 Å². The van der Waals surface area contributed by atoms with Gasteiger partial charge in [-0.15, -0.1) is 0 Å². The molecule has 118 valence electrons. The fourth-order valence-corrected chi connectivity index (χ4v) is 3.34. The number of amides is 1. The van der Waals surface area contributed by atoms with Crippen LogP contribution in [-0.2, 0) is 0 Å². The molecule has 22 heavy (non-hydrogen) atoms. The Kier molecular flexibility index (Phi) is 4.36. The Morgan fingerprint density at radius 1 is 1.23 bits per heavy atom. The molecule has 2 N–H and O–H groups in total. The van der Waals surface area contributed by atoms with Crippen molar-refractivity contribution in [2.75, 3.05) is 7.11 Å². The minimum Gasteiger partial charge on any atom is -0.497 e. The summed E-state index contributed by atoms with van der Waals surface area (Å²) in [7, 11) is 1.66. The van der Waals surface area contributed by atoms with E-state index in [-0.39, 0.29) is 5.91 Å². The van der Waals surface area contributed by atoms with Gasteiger partial charge in [-0.25, -0.2) is 0 Å². The fraction of sp³-hybridized carbons (Fsp3) is 0.500. The predicted molar refractivity (Wildman–Crippen MR) is 88.5 cm³/mol. The van der Waals surface area contributed by atoms with Gasteiger partial charge in [0, 0.05) is 16.9 Å². The lowest BCUT2D eigenvalue weighted by Gasteiger charge is -2.15. The van der Waals surface area contributed by atoms with Gasteiger partial charge in [-0.1, -0.05) is 25.7 Å². The SMILES string of the molecule is COc1ccc2[nH]c(C(=O)NC3CCCCCC3)c(C)c2c1. The summed E-state index contributed by atoms with van der Waals surface area (Å²) < 4.78 is 5.27. The summed E-state index contributed by atoms with van der Waals surface area (Å²) in [5.41, 5.74) is 2.64. The molecule has 0 spiro atoms. The molecule has 0 atom stereocenters. The topological polar surface area (TPSA) is 54.1 Å². The lowest BCUT2D eigenvalue weighted by molar-refractivity contribution is 0.0928. The van der Waals surface area contributed by atoms with E-state index in [0.717, 1.165) is 35.1 Å². The molecule has 1 saturated carbocycles. The molecule has 4 heteroatoms. The Morgan fingerprint density at radius 2 is 1.95 bits per heavy atom. The molecular formula is C18H24N2O2. The van der Waals surface area contributed by atoms with Gasteiger partial charge in [0.05, 0.1) is 7.11 Å². The number of methoxy groups -OCH3 is 1. The molecule has 3 rings (SSSR count). The van der Waals surface area contributed by atoms with Gasteiger partial charge in [0.25, 0.3) is 5.91 Å². The Labute approximate surface area is 131 Å². The van der Waals surface area contributed by atoms with Gasteiger partial charge < -0.3 is 15.0 Å². The number of aryl methyl sites for hydroxylation is 1. The summed E-state index contributed by atoms with van der Waals surface area (Å²) in [5, 5.41) is 4.25. The van der Waals surface area contributed by atoms with Gasteiger partial charge in [-0.3, -0.25) is 4.79 Å². The quantitative estimate of drug-likeness (QED) is 0.844. The summed E-state index contributed by atoms with van der Waals surface area (Å²) in [5.74, 6) is 0.824. The number of ether oxygens (including phenoxy) is 1. The van der Waals surface area contributed by atoms with Gasteiger partial charge in [-0.05, 0) is 43.5 Å². The first kappa shape index (κ1) is 14.9. The molecule has 1 heterocycles. The third kappa shape index (κ3) is 2.96. The van der Waals surface area contributed by atoms with E-state index < -0.39 is 0 Å². The molecule has 0 aliphatic heterocycles. The van der Waals surface area contributed by atoms with E-state index in [2.05, 4.69) is 10.3 Å². The number of hydrogen-bond donors (Lipinski definition) is 2.